The predicted octanol–water partition coefficient (Wildman–Crippen LogP) is 4.56. The monoisotopic (exact) mass is 384 g/mol. The molecule has 2 heterocycles. The molecule has 5 nitrogen and oxygen atoms in total. The Balaban J connectivity index is 2.21. The second-order valence-electron chi connectivity index (χ2n) is 7.63. The average Bonchev–Trinajstić information content (AvgIpc) is 2.88. The van der Waals surface area contributed by atoms with Crippen LogP contribution in [0.2, 0.25) is 5.02 Å². The third-order valence-electron chi connectivity index (χ3n) is 4.59. The summed E-state index contributed by atoms with van der Waals surface area (Å²) in [6.07, 6.45) is 3.18. The van der Waals surface area contributed by atoms with Crippen molar-refractivity contribution in [3.8, 4) is 0 Å². The van der Waals surface area contributed by atoms with Crippen LogP contribution in [-0.2, 0) is 9.59 Å². The Labute approximate surface area is 163 Å². The van der Waals surface area contributed by atoms with E-state index in [1.54, 1.807) is 63.5 Å². The van der Waals surface area contributed by atoms with Gasteiger partial charge in [0.05, 0.1) is 11.6 Å². The smallest absolute Gasteiger partial charge is 0.294 e. The van der Waals surface area contributed by atoms with Gasteiger partial charge in [0.2, 0.25) is 0 Å². The molecule has 1 atom stereocenters. The molecule has 0 bridgehead atoms. The van der Waals surface area contributed by atoms with Gasteiger partial charge in [-0.2, -0.15) is 0 Å². The van der Waals surface area contributed by atoms with Gasteiger partial charge in [-0.15, -0.1) is 0 Å². The Bertz CT molecular complexity index is 946. The maximum Gasteiger partial charge on any atom is 0.294 e. The van der Waals surface area contributed by atoms with Gasteiger partial charge in [-0.3, -0.25) is 19.5 Å². The van der Waals surface area contributed by atoms with Gasteiger partial charge in [0, 0.05) is 28.5 Å². The number of anilines is 1. The topological polar surface area (TPSA) is 70.5 Å². The summed E-state index contributed by atoms with van der Waals surface area (Å²) < 4.78 is 0. The van der Waals surface area contributed by atoms with Gasteiger partial charge in [-0.05, 0) is 42.3 Å². The van der Waals surface area contributed by atoms with Crippen molar-refractivity contribution >= 4 is 29.0 Å². The molecule has 0 radical (unpaired) electrons. The number of carbonyl (C=O) groups excluding carboxylic acids is 2. The molecular formula is C21H21ClN2O3. The lowest BCUT2D eigenvalue weighted by atomic mass is 9.82. The average molecular weight is 385 g/mol. The van der Waals surface area contributed by atoms with E-state index < -0.39 is 23.1 Å². The first-order valence-corrected chi connectivity index (χ1v) is 8.98. The number of rotatable bonds is 3. The summed E-state index contributed by atoms with van der Waals surface area (Å²) in [7, 11) is 0. The number of hydrogen-bond acceptors (Lipinski definition) is 4. The van der Waals surface area contributed by atoms with E-state index in [4.69, 9.17) is 11.6 Å². The molecule has 0 aliphatic carbocycles. The minimum atomic E-state index is -0.754. The third kappa shape index (κ3) is 3.35. The van der Waals surface area contributed by atoms with E-state index in [-0.39, 0.29) is 11.4 Å². The number of aliphatic hydroxyl groups is 1. The number of hydrogen-bond donors (Lipinski definition) is 1. The van der Waals surface area contributed by atoms with Crippen molar-refractivity contribution in [3.05, 3.63) is 70.2 Å². The van der Waals surface area contributed by atoms with Gasteiger partial charge in [-0.25, -0.2) is 0 Å². The number of aromatic nitrogens is 1. The van der Waals surface area contributed by atoms with Crippen molar-refractivity contribution in [1.29, 1.82) is 0 Å². The van der Waals surface area contributed by atoms with Gasteiger partial charge >= 0.3 is 0 Å². The largest absolute Gasteiger partial charge is 0.503 e. The van der Waals surface area contributed by atoms with Crippen molar-refractivity contribution in [2.75, 3.05) is 4.90 Å². The molecule has 1 aromatic heterocycles. The normalized spacial score (nSPS) is 17.6. The van der Waals surface area contributed by atoms with Crippen LogP contribution >= 0.6 is 11.6 Å². The summed E-state index contributed by atoms with van der Waals surface area (Å²) in [6, 6.07) is 7.94. The van der Waals surface area contributed by atoms with Crippen LogP contribution in [0.1, 0.15) is 37.9 Å². The summed E-state index contributed by atoms with van der Waals surface area (Å²) in [5.41, 5.74) is 1.41. The van der Waals surface area contributed by atoms with Crippen molar-refractivity contribution in [2.24, 2.45) is 5.41 Å². The van der Waals surface area contributed by atoms with E-state index in [1.165, 1.54) is 4.90 Å². The highest BCUT2D eigenvalue weighted by Crippen LogP contribution is 2.43. The molecule has 0 saturated heterocycles. The molecule has 0 saturated carbocycles. The molecule has 0 fully saturated rings. The predicted molar refractivity (Wildman–Crippen MR) is 105 cm³/mol. The quantitative estimate of drug-likeness (QED) is 0.842. The van der Waals surface area contributed by atoms with Crippen LogP contribution in [0.25, 0.3) is 0 Å². The van der Waals surface area contributed by atoms with E-state index in [0.717, 1.165) is 5.56 Å². The molecule has 1 aliphatic heterocycles. The first-order chi connectivity index (χ1) is 12.6. The number of amides is 1. The Morgan fingerprint density at radius 3 is 2.37 bits per heavy atom. The van der Waals surface area contributed by atoms with Gasteiger partial charge in [0.15, 0.2) is 11.5 Å². The zero-order chi connectivity index (χ0) is 19.9. The number of halogens is 1. The second kappa shape index (κ2) is 6.82. The molecule has 3 rings (SSSR count). The second-order valence-corrected chi connectivity index (χ2v) is 8.04. The standard InChI is InChI=1S/C21H21ClN2O3/c1-12-5-6-14(11-15(12)22)24-17(13-7-9-23-10-8-13)16(18(25)20(24)27)19(26)21(2,3)4/h5-11,17,25H,1-4H3. The molecule has 6 heteroatoms. The van der Waals surface area contributed by atoms with Crippen LogP contribution in [0.15, 0.2) is 54.1 Å². The minimum Gasteiger partial charge on any atom is -0.503 e. The molecule has 1 amide bonds. The maximum atomic E-state index is 13.1. The van der Waals surface area contributed by atoms with E-state index in [9.17, 15) is 14.7 Å². The van der Waals surface area contributed by atoms with Gasteiger partial charge in [0.1, 0.15) is 0 Å². The highest BCUT2D eigenvalue weighted by atomic mass is 35.5. The van der Waals surface area contributed by atoms with Crippen molar-refractivity contribution in [2.45, 2.75) is 33.7 Å². The molecule has 1 N–H and O–H groups in total. The molecule has 1 aliphatic rings. The van der Waals surface area contributed by atoms with Crippen LogP contribution in [0.3, 0.4) is 0 Å². The summed E-state index contributed by atoms with van der Waals surface area (Å²) in [5.74, 6) is -1.42. The number of Topliss-reactive ketones (excluding diaryl/α,β-unsaturated/α-hetero) is 1. The summed E-state index contributed by atoms with van der Waals surface area (Å²) in [4.78, 5) is 31.4. The van der Waals surface area contributed by atoms with Crippen LogP contribution < -0.4 is 4.90 Å². The van der Waals surface area contributed by atoms with Gasteiger partial charge in [-0.1, -0.05) is 38.4 Å². The van der Waals surface area contributed by atoms with Crippen molar-refractivity contribution < 1.29 is 14.7 Å². The Kier molecular flexibility index (Phi) is 4.82. The van der Waals surface area contributed by atoms with Crippen LogP contribution in [0.4, 0.5) is 5.69 Å². The number of aryl methyl sites for hydroxylation is 1. The first kappa shape index (κ1) is 19.1. The third-order valence-corrected chi connectivity index (χ3v) is 5.00. The number of pyridine rings is 1. The van der Waals surface area contributed by atoms with Crippen molar-refractivity contribution in [3.63, 3.8) is 0 Å². The van der Waals surface area contributed by atoms with E-state index >= 15 is 0 Å². The van der Waals surface area contributed by atoms with Gasteiger partial charge < -0.3 is 5.11 Å². The Morgan fingerprint density at radius 2 is 1.81 bits per heavy atom. The fourth-order valence-electron chi connectivity index (χ4n) is 3.10. The van der Waals surface area contributed by atoms with E-state index in [2.05, 4.69) is 4.98 Å². The van der Waals surface area contributed by atoms with Crippen molar-refractivity contribution in [1.82, 2.24) is 4.98 Å². The highest BCUT2D eigenvalue weighted by Gasteiger charge is 2.46. The lowest BCUT2D eigenvalue weighted by molar-refractivity contribution is -0.123. The number of ketones is 1. The number of carbonyl (C=O) groups is 2. The number of aliphatic hydroxyl groups excluding tert-OH is 1. The SMILES string of the molecule is Cc1ccc(N2C(=O)C(O)=C(C(=O)C(C)(C)C)C2c2ccncc2)cc1Cl. The lowest BCUT2D eigenvalue weighted by Crippen LogP contribution is -2.32. The number of benzene rings is 1. The molecule has 0 spiro atoms. The van der Waals surface area contributed by atoms with Gasteiger partial charge in [0.25, 0.3) is 5.91 Å². The van der Waals surface area contributed by atoms with Crippen LogP contribution in [0.5, 0.6) is 0 Å². The lowest BCUT2D eigenvalue weighted by Gasteiger charge is -2.29. The molecule has 1 unspecified atom stereocenters. The van der Waals surface area contributed by atoms with Crippen LogP contribution in [-0.4, -0.2) is 21.8 Å². The Hall–Kier alpha value is -2.66. The fraction of sp³-hybridized carbons (Fsp3) is 0.286. The first-order valence-electron chi connectivity index (χ1n) is 8.60. The summed E-state index contributed by atoms with van der Waals surface area (Å²) in [6.45, 7) is 7.14. The van der Waals surface area contributed by atoms with E-state index in [1.807, 2.05) is 6.92 Å². The highest BCUT2D eigenvalue weighted by molar-refractivity contribution is 6.31. The Morgan fingerprint density at radius 1 is 1.19 bits per heavy atom. The van der Waals surface area contributed by atoms with Crippen LogP contribution in [0, 0.1) is 12.3 Å². The summed E-state index contributed by atoms with van der Waals surface area (Å²) in [5, 5.41) is 11.1. The molecule has 2 aromatic rings. The fourth-order valence-corrected chi connectivity index (χ4v) is 3.28. The molecule has 140 valence electrons. The van der Waals surface area contributed by atoms with E-state index in [0.29, 0.717) is 16.3 Å². The molecule has 27 heavy (non-hydrogen) atoms. The summed E-state index contributed by atoms with van der Waals surface area (Å²) >= 11 is 6.25. The molecule has 1 aromatic carbocycles. The molecular weight excluding hydrogens is 364 g/mol. The zero-order valence-corrected chi connectivity index (χ0v) is 16.4. The number of nitrogens with zero attached hydrogens (tertiary/aromatic N) is 2. The maximum absolute atomic E-state index is 13.1. The minimum absolute atomic E-state index is 0.0930. The zero-order valence-electron chi connectivity index (χ0n) is 15.7.